The van der Waals surface area contributed by atoms with E-state index in [4.69, 9.17) is 4.74 Å². The van der Waals surface area contributed by atoms with Crippen LogP contribution in [0.2, 0.25) is 0 Å². The van der Waals surface area contributed by atoms with Crippen molar-refractivity contribution in [3.8, 4) is 10.6 Å². The van der Waals surface area contributed by atoms with Crippen molar-refractivity contribution in [1.29, 1.82) is 0 Å². The van der Waals surface area contributed by atoms with Crippen LogP contribution in [-0.2, 0) is 9.53 Å². The number of ether oxygens (including phenoxy) is 1. The van der Waals surface area contributed by atoms with Crippen molar-refractivity contribution >= 4 is 27.5 Å². The molecule has 0 fully saturated rings. The molecule has 1 atom stereocenters. The van der Waals surface area contributed by atoms with Crippen LogP contribution in [0.4, 0.5) is 0 Å². The van der Waals surface area contributed by atoms with E-state index in [2.05, 4.69) is 4.98 Å². The first kappa shape index (κ1) is 14.7. The van der Waals surface area contributed by atoms with Gasteiger partial charge in [-0.3, -0.25) is 0 Å². The van der Waals surface area contributed by atoms with Crippen LogP contribution in [-0.4, -0.2) is 22.7 Å². The highest BCUT2D eigenvalue weighted by atomic mass is 32.1. The normalized spacial score (nSPS) is 12.3. The monoisotopic (exact) mass is 313 g/mol. The van der Waals surface area contributed by atoms with Crippen molar-refractivity contribution in [3.63, 3.8) is 0 Å². The number of aliphatic hydroxyl groups excluding tert-OH is 1. The van der Waals surface area contributed by atoms with E-state index in [0.29, 0.717) is 5.56 Å². The Bertz CT molecular complexity index is 779. The molecule has 0 aliphatic rings. The average Bonchev–Trinajstić information content (AvgIpc) is 2.98. The lowest BCUT2D eigenvalue weighted by Crippen LogP contribution is -2.16. The van der Waals surface area contributed by atoms with E-state index in [1.54, 1.807) is 19.1 Å². The molecule has 0 radical (unpaired) electrons. The number of aromatic nitrogens is 1. The number of thiazole rings is 1. The lowest BCUT2D eigenvalue weighted by molar-refractivity contribution is -0.153. The maximum atomic E-state index is 11.8. The summed E-state index contributed by atoms with van der Waals surface area (Å²) < 4.78 is 5.97. The zero-order valence-electron chi connectivity index (χ0n) is 12.0. The molecular weight excluding hydrogens is 298 g/mol. The van der Waals surface area contributed by atoms with E-state index in [-0.39, 0.29) is 6.61 Å². The number of para-hydroxylation sites is 1. The lowest BCUT2D eigenvalue weighted by atomic mass is 10.0. The number of hydrogen-bond acceptors (Lipinski definition) is 5. The standard InChI is InChI=1S/C17H15NO3S/c1-2-21-17(20)15(19)11-7-3-4-8-12(11)16-18-13-9-5-6-10-14(13)22-16/h3-10,15,19H,2H2,1H3. The van der Waals surface area contributed by atoms with Gasteiger partial charge < -0.3 is 9.84 Å². The second-order valence-electron chi connectivity index (χ2n) is 4.73. The Hall–Kier alpha value is -2.24. The fourth-order valence-electron chi connectivity index (χ4n) is 2.27. The molecule has 0 bridgehead atoms. The number of rotatable bonds is 4. The molecule has 0 spiro atoms. The highest BCUT2D eigenvalue weighted by molar-refractivity contribution is 7.21. The van der Waals surface area contributed by atoms with Gasteiger partial charge in [-0.15, -0.1) is 11.3 Å². The van der Waals surface area contributed by atoms with Crippen molar-refractivity contribution in [1.82, 2.24) is 4.98 Å². The molecule has 1 N–H and O–H groups in total. The van der Waals surface area contributed by atoms with Crippen LogP contribution in [0.1, 0.15) is 18.6 Å². The van der Waals surface area contributed by atoms with E-state index >= 15 is 0 Å². The SMILES string of the molecule is CCOC(=O)C(O)c1ccccc1-c1nc2ccccc2s1. The summed E-state index contributed by atoms with van der Waals surface area (Å²) in [5, 5.41) is 11.0. The van der Waals surface area contributed by atoms with Crippen molar-refractivity contribution in [2.45, 2.75) is 13.0 Å². The summed E-state index contributed by atoms with van der Waals surface area (Å²) in [7, 11) is 0. The van der Waals surface area contributed by atoms with Crippen LogP contribution in [0.15, 0.2) is 48.5 Å². The molecule has 3 rings (SSSR count). The first-order chi connectivity index (χ1) is 10.7. The first-order valence-electron chi connectivity index (χ1n) is 7.00. The van der Waals surface area contributed by atoms with Crippen LogP contribution in [0.25, 0.3) is 20.8 Å². The summed E-state index contributed by atoms with van der Waals surface area (Å²) in [5.41, 5.74) is 2.17. The van der Waals surface area contributed by atoms with Gasteiger partial charge in [0.15, 0.2) is 6.10 Å². The third kappa shape index (κ3) is 2.73. The van der Waals surface area contributed by atoms with Crippen LogP contribution >= 0.6 is 11.3 Å². The summed E-state index contributed by atoms with van der Waals surface area (Å²) >= 11 is 1.53. The first-order valence-corrected chi connectivity index (χ1v) is 7.82. The molecule has 0 aliphatic heterocycles. The number of carbonyl (C=O) groups is 1. The van der Waals surface area contributed by atoms with Gasteiger partial charge in [0, 0.05) is 11.1 Å². The van der Waals surface area contributed by atoms with Crippen LogP contribution in [0.3, 0.4) is 0 Å². The maximum absolute atomic E-state index is 11.8. The van der Waals surface area contributed by atoms with Crippen molar-refractivity contribution in [3.05, 3.63) is 54.1 Å². The Kier molecular flexibility index (Phi) is 4.18. The highest BCUT2D eigenvalue weighted by Gasteiger charge is 2.23. The zero-order valence-corrected chi connectivity index (χ0v) is 12.8. The van der Waals surface area contributed by atoms with Gasteiger partial charge in [0.25, 0.3) is 0 Å². The van der Waals surface area contributed by atoms with Crippen LogP contribution in [0.5, 0.6) is 0 Å². The molecule has 4 nitrogen and oxygen atoms in total. The van der Waals surface area contributed by atoms with Gasteiger partial charge in [-0.2, -0.15) is 0 Å². The molecule has 3 aromatic rings. The number of aliphatic hydroxyl groups is 1. The Morgan fingerprint density at radius 1 is 1.23 bits per heavy atom. The third-order valence-corrected chi connectivity index (χ3v) is 4.36. The second-order valence-corrected chi connectivity index (χ2v) is 5.76. The predicted octanol–water partition coefficient (Wildman–Crippen LogP) is 3.56. The van der Waals surface area contributed by atoms with E-state index in [9.17, 15) is 9.90 Å². The minimum absolute atomic E-state index is 0.235. The van der Waals surface area contributed by atoms with E-state index < -0.39 is 12.1 Å². The fraction of sp³-hybridized carbons (Fsp3) is 0.176. The Morgan fingerprint density at radius 3 is 2.73 bits per heavy atom. The van der Waals surface area contributed by atoms with Gasteiger partial charge >= 0.3 is 5.97 Å². The van der Waals surface area contributed by atoms with E-state index in [1.807, 2.05) is 36.4 Å². The number of hydrogen-bond donors (Lipinski definition) is 1. The lowest BCUT2D eigenvalue weighted by Gasteiger charge is -2.13. The summed E-state index contributed by atoms with van der Waals surface area (Å²) in [4.78, 5) is 16.4. The van der Waals surface area contributed by atoms with Crippen molar-refractivity contribution < 1.29 is 14.6 Å². The molecule has 2 aromatic carbocycles. The molecule has 112 valence electrons. The molecule has 22 heavy (non-hydrogen) atoms. The van der Waals surface area contributed by atoms with Gasteiger partial charge in [0.2, 0.25) is 0 Å². The summed E-state index contributed by atoms with van der Waals surface area (Å²) in [5.74, 6) is -0.643. The largest absolute Gasteiger partial charge is 0.464 e. The molecule has 0 amide bonds. The van der Waals surface area contributed by atoms with E-state index in [0.717, 1.165) is 20.8 Å². The molecular formula is C17H15NO3S. The van der Waals surface area contributed by atoms with Gasteiger partial charge in [-0.25, -0.2) is 9.78 Å². The Balaban J connectivity index is 2.05. The maximum Gasteiger partial charge on any atom is 0.339 e. The van der Waals surface area contributed by atoms with Gasteiger partial charge in [-0.05, 0) is 19.1 Å². The minimum atomic E-state index is -1.30. The fourth-order valence-corrected chi connectivity index (χ4v) is 3.28. The molecule has 1 unspecified atom stereocenters. The summed E-state index contributed by atoms with van der Waals surface area (Å²) in [6, 6.07) is 15.1. The van der Waals surface area contributed by atoms with Crippen LogP contribution in [0, 0.1) is 0 Å². The molecule has 0 saturated heterocycles. The number of esters is 1. The smallest absolute Gasteiger partial charge is 0.339 e. The minimum Gasteiger partial charge on any atom is -0.464 e. The molecule has 0 saturated carbocycles. The number of benzene rings is 2. The third-order valence-electron chi connectivity index (χ3n) is 3.29. The van der Waals surface area contributed by atoms with Gasteiger partial charge in [0.05, 0.1) is 16.8 Å². The second kappa shape index (κ2) is 6.25. The zero-order chi connectivity index (χ0) is 15.5. The average molecular weight is 313 g/mol. The molecule has 1 heterocycles. The highest BCUT2D eigenvalue weighted by Crippen LogP contribution is 2.34. The Morgan fingerprint density at radius 2 is 1.95 bits per heavy atom. The number of nitrogens with zero attached hydrogens (tertiary/aromatic N) is 1. The van der Waals surface area contributed by atoms with Gasteiger partial charge in [0.1, 0.15) is 5.01 Å². The Labute approximate surface area is 132 Å². The quantitative estimate of drug-likeness (QED) is 0.748. The van der Waals surface area contributed by atoms with Crippen molar-refractivity contribution in [2.24, 2.45) is 0 Å². The van der Waals surface area contributed by atoms with Crippen molar-refractivity contribution in [2.75, 3.05) is 6.61 Å². The van der Waals surface area contributed by atoms with E-state index in [1.165, 1.54) is 11.3 Å². The summed E-state index contributed by atoms with van der Waals surface area (Å²) in [6.07, 6.45) is -1.30. The van der Waals surface area contributed by atoms with Gasteiger partial charge in [-0.1, -0.05) is 36.4 Å². The number of carbonyl (C=O) groups excluding carboxylic acids is 1. The topological polar surface area (TPSA) is 59.4 Å². The number of fused-ring (bicyclic) bond motifs is 1. The molecule has 0 aliphatic carbocycles. The molecule has 5 heteroatoms. The summed E-state index contributed by atoms with van der Waals surface area (Å²) in [6.45, 7) is 1.95. The van der Waals surface area contributed by atoms with Crippen LogP contribution < -0.4 is 0 Å². The molecule has 1 aromatic heterocycles. The predicted molar refractivity (Wildman–Crippen MR) is 86.6 cm³/mol.